The van der Waals surface area contributed by atoms with Crippen molar-refractivity contribution >= 4 is 21.4 Å². The molecule has 0 fully saturated rings. The van der Waals surface area contributed by atoms with Crippen LogP contribution in [0.25, 0.3) is 20.8 Å². The van der Waals surface area contributed by atoms with E-state index in [4.69, 9.17) is 5.11 Å². The SMILES string of the molecule is O=c1nc(-c2cccc(CCCO)n2)sc2ccccc12. The molecule has 106 valence electrons. The van der Waals surface area contributed by atoms with Crippen LogP contribution in [-0.2, 0) is 6.42 Å². The average Bonchev–Trinajstić information content (AvgIpc) is 2.53. The minimum Gasteiger partial charge on any atom is -0.396 e. The molecular weight excluding hydrogens is 284 g/mol. The van der Waals surface area contributed by atoms with E-state index in [1.54, 1.807) is 6.07 Å². The summed E-state index contributed by atoms with van der Waals surface area (Å²) in [5.41, 5.74) is 1.39. The maximum absolute atomic E-state index is 12.1. The molecule has 0 atom stereocenters. The third-order valence-electron chi connectivity index (χ3n) is 3.14. The first-order valence-electron chi connectivity index (χ1n) is 6.75. The standard InChI is InChI=1S/C16H14N2O2S/c19-10-4-6-11-5-3-8-13(17-11)16-18-15(20)12-7-1-2-9-14(12)21-16/h1-3,5,7-9,19H,4,6,10H2. The molecule has 0 unspecified atom stereocenters. The van der Waals surface area contributed by atoms with E-state index in [-0.39, 0.29) is 12.2 Å². The van der Waals surface area contributed by atoms with Gasteiger partial charge < -0.3 is 5.11 Å². The molecule has 2 aromatic heterocycles. The summed E-state index contributed by atoms with van der Waals surface area (Å²) in [6.07, 6.45) is 1.39. The average molecular weight is 298 g/mol. The molecule has 0 saturated carbocycles. The second-order valence-corrected chi connectivity index (χ2v) is 5.69. The lowest BCUT2D eigenvalue weighted by atomic mass is 10.2. The topological polar surface area (TPSA) is 63.1 Å². The Morgan fingerprint density at radius 1 is 1.05 bits per heavy atom. The number of pyridine rings is 1. The van der Waals surface area contributed by atoms with Gasteiger partial charge in [0.05, 0.1) is 11.1 Å². The summed E-state index contributed by atoms with van der Waals surface area (Å²) < 4.78 is 0.912. The normalized spacial score (nSPS) is 10.9. The Kier molecular flexibility index (Phi) is 4.03. The first kappa shape index (κ1) is 13.9. The van der Waals surface area contributed by atoms with Crippen LogP contribution >= 0.6 is 11.3 Å². The molecule has 4 nitrogen and oxygen atoms in total. The number of hydrogen-bond acceptors (Lipinski definition) is 5. The summed E-state index contributed by atoms with van der Waals surface area (Å²) in [5.74, 6) is 0. The molecule has 3 aromatic rings. The van der Waals surface area contributed by atoms with Crippen LogP contribution in [0, 0.1) is 0 Å². The molecule has 2 heterocycles. The minimum atomic E-state index is -0.220. The summed E-state index contributed by atoms with van der Waals surface area (Å²) >= 11 is 1.46. The summed E-state index contributed by atoms with van der Waals surface area (Å²) in [7, 11) is 0. The van der Waals surface area contributed by atoms with Crippen molar-refractivity contribution < 1.29 is 5.11 Å². The fourth-order valence-corrected chi connectivity index (χ4v) is 3.09. The molecule has 0 spiro atoms. The van der Waals surface area contributed by atoms with E-state index in [0.717, 1.165) is 10.4 Å². The molecule has 0 aliphatic heterocycles. The van der Waals surface area contributed by atoms with Crippen LogP contribution in [0.5, 0.6) is 0 Å². The lowest BCUT2D eigenvalue weighted by Gasteiger charge is -2.04. The Labute approximate surface area is 125 Å². The Balaban J connectivity index is 2.06. The molecule has 0 aliphatic carbocycles. The number of aliphatic hydroxyl groups is 1. The summed E-state index contributed by atoms with van der Waals surface area (Å²) in [4.78, 5) is 20.7. The van der Waals surface area contributed by atoms with Gasteiger partial charge in [-0.25, -0.2) is 0 Å². The van der Waals surface area contributed by atoms with Crippen LogP contribution in [0.3, 0.4) is 0 Å². The van der Waals surface area contributed by atoms with Gasteiger partial charge in [0.15, 0.2) is 0 Å². The number of fused-ring (bicyclic) bond motifs is 1. The molecule has 0 amide bonds. The van der Waals surface area contributed by atoms with Gasteiger partial charge in [0.2, 0.25) is 0 Å². The highest BCUT2D eigenvalue weighted by Crippen LogP contribution is 2.24. The van der Waals surface area contributed by atoms with E-state index >= 15 is 0 Å². The molecule has 0 saturated heterocycles. The fraction of sp³-hybridized carbons (Fsp3) is 0.188. The monoisotopic (exact) mass is 298 g/mol. The molecule has 0 aliphatic rings. The van der Waals surface area contributed by atoms with Crippen LogP contribution in [-0.4, -0.2) is 21.7 Å². The summed E-state index contributed by atoms with van der Waals surface area (Å²) in [6.45, 7) is 0.146. The zero-order valence-electron chi connectivity index (χ0n) is 11.3. The van der Waals surface area contributed by atoms with Crippen molar-refractivity contribution in [3.63, 3.8) is 0 Å². The second kappa shape index (κ2) is 6.11. The van der Waals surface area contributed by atoms with Gasteiger partial charge in [0.1, 0.15) is 5.01 Å². The largest absolute Gasteiger partial charge is 0.396 e. The van der Waals surface area contributed by atoms with Crippen LogP contribution in [0.2, 0.25) is 0 Å². The fourth-order valence-electron chi connectivity index (χ4n) is 2.12. The molecule has 5 heteroatoms. The van der Waals surface area contributed by atoms with Gasteiger partial charge in [-0.15, -0.1) is 11.3 Å². The van der Waals surface area contributed by atoms with Crippen molar-refractivity contribution in [2.24, 2.45) is 0 Å². The molecule has 0 bridgehead atoms. The Morgan fingerprint density at radius 2 is 1.90 bits per heavy atom. The molecule has 21 heavy (non-hydrogen) atoms. The van der Waals surface area contributed by atoms with Crippen LogP contribution < -0.4 is 5.56 Å². The Bertz CT molecular complexity index is 830. The molecular formula is C16H14N2O2S. The van der Waals surface area contributed by atoms with Gasteiger partial charge in [0.25, 0.3) is 5.56 Å². The van der Waals surface area contributed by atoms with Crippen LogP contribution in [0.15, 0.2) is 47.3 Å². The third-order valence-corrected chi connectivity index (χ3v) is 4.21. The van der Waals surface area contributed by atoms with Crippen LogP contribution in [0.1, 0.15) is 12.1 Å². The first-order chi connectivity index (χ1) is 10.3. The lowest BCUT2D eigenvalue weighted by molar-refractivity contribution is 0.288. The Morgan fingerprint density at radius 3 is 2.76 bits per heavy atom. The van der Waals surface area contributed by atoms with Crippen molar-refractivity contribution in [3.05, 3.63) is 58.5 Å². The molecule has 3 rings (SSSR count). The lowest BCUT2D eigenvalue weighted by Crippen LogP contribution is -2.06. The number of rotatable bonds is 4. The van der Waals surface area contributed by atoms with Gasteiger partial charge in [-0.2, -0.15) is 4.98 Å². The van der Waals surface area contributed by atoms with E-state index in [1.165, 1.54) is 11.3 Å². The highest BCUT2D eigenvalue weighted by atomic mass is 32.1. The van der Waals surface area contributed by atoms with Crippen molar-refractivity contribution in [2.45, 2.75) is 12.8 Å². The van der Waals surface area contributed by atoms with Gasteiger partial charge in [0, 0.05) is 17.0 Å². The van der Waals surface area contributed by atoms with Crippen molar-refractivity contribution in [3.8, 4) is 10.7 Å². The molecule has 0 radical (unpaired) electrons. The van der Waals surface area contributed by atoms with E-state index in [0.29, 0.717) is 28.9 Å². The number of aromatic nitrogens is 2. The van der Waals surface area contributed by atoms with Gasteiger partial charge >= 0.3 is 0 Å². The Hall–Kier alpha value is -2.11. The van der Waals surface area contributed by atoms with Gasteiger partial charge in [-0.1, -0.05) is 18.2 Å². The highest BCUT2D eigenvalue weighted by molar-refractivity contribution is 7.21. The maximum atomic E-state index is 12.1. The van der Waals surface area contributed by atoms with Gasteiger partial charge in [-0.05, 0) is 37.1 Å². The van der Waals surface area contributed by atoms with E-state index in [2.05, 4.69) is 9.97 Å². The molecule has 1 N–H and O–H groups in total. The maximum Gasteiger partial charge on any atom is 0.279 e. The van der Waals surface area contributed by atoms with Crippen molar-refractivity contribution in [1.82, 2.24) is 9.97 Å². The first-order valence-corrected chi connectivity index (χ1v) is 7.56. The number of nitrogens with zero attached hydrogens (tertiary/aromatic N) is 2. The van der Waals surface area contributed by atoms with Gasteiger partial charge in [-0.3, -0.25) is 9.78 Å². The van der Waals surface area contributed by atoms with E-state index < -0.39 is 0 Å². The van der Waals surface area contributed by atoms with Crippen molar-refractivity contribution in [2.75, 3.05) is 6.61 Å². The smallest absolute Gasteiger partial charge is 0.279 e. The number of hydrogen-bond donors (Lipinski definition) is 1. The zero-order chi connectivity index (χ0) is 14.7. The highest BCUT2D eigenvalue weighted by Gasteiger charge is 2.08. The minimum absolute atomic E-state index is 0.146. The van der Waals surface area contributed by atoms with Crippen molar-refractivity contribution in [1.29, 1.82) is 0 Å². The van der Waals surface area contributed by atoms with E-state index in [1.807, 2.05) is 36.4 Å². The quantitative estimate of drug-likeness (QED) is 0.804. The predicted molar refractivity (Wildman–Crippen MR) is 84.5 cm³/mol. The second-order valence-electron chi connectivity index (χ2n) is 4.66. The molecule has 1 aromatic carbocycles. The number of aliphatic hydroxyl groups excluding tert-OH is 1. The summed E-state index contributed by atoms with van der Waals surface area (Å²) in [6, 6.07) is 13.1. The van der Waals surface area contributed by atoms with Crippen LogP contribution in [0.4, 0.5) is 0 Å². The number of aryl methyl sites for hydroxylation is 1. The number of benzene rings is 1. The van der Waals surface area contributed by atoms with E-state index in [9.17, 15) is 4.79 Å². The third kappa shape index (κ3) is 2.99. The summed E-state index contributed by atoms with van der Waals surface area (Å²) in [5, 5.41) is 10.2. The predicted octanol–water partition coefficient (Wildman–Crippen LogP) is 2.64. The zero-order valence-corrected chi connectivity index (χ0v) is 12.1.